The van der Waals surface area contributed by atoms with Crippen LogP contribution in [0.3, 0.4) is 0 Å². The van der Waals surface area contributed by atoms with E-state index in [0.717, 1.165) is 17.5 Å². The van der Waals surface area contributed by atoms with Crippen LogP contribution in [-0.4, -0.2) is 35.3 Å². The highest BCUT2D eigenvalue weighted by Gasteiger charge is 2.34. The van der Waals surface area contributed by atoms with E-state index >= 15 is 0 Å². The molecule has 1 aromatic carbocycles. The third kappa shape index (κ3) is 2.92. The molecule has 0 spiro atoms. The molecule has 7 heteroatoms. The smallest absolute Gasteiger partial charge is 0.238 e. The van der Waals surface area contributed by atoms with Gasteiger partial charge in [0.2, 0.25) is 5.91 Å². The van der Waals surface area contributed by atoms with Crippen LogP contribution < -0.4 is 5.32 Å². The zero-order valence-electron chi connectivity index (χ0n) is 11.5. The maximum atomic E-state index is 12.1. The van der Waals surface area contributed by atoms with Gasteiger partial charge in [-0.2, -0.15) is 0 Å². The van der Waals surface area contributed by atoms with E-state index in [2.05, 4.69) is 15.3 Å². The zero-order chi connectivity index (χ0) is 14.9. The lowest BCUT2D eigenvalue weighted by atomic mass is 10.2. The molecule has 2 N–H and O–H groups in total. The Balaban J connectivity index is 1.68. The highest BCUT2D eigenvalue weighted by molar-refractivity contribution is 7.92. The van der Waals surface area contributed by atoms with Crippen molar-refractivity contribution in [3.05, 3.63) is 30.1 Å². The second kappa shape index (κ2) is 5.48. The van der Waals surface area contributed by atoms with E-state index in [1.807, 2.05) is 24.3 Å². The number of benzene rings is 1. The van der Waals surface area contributed by atoms with E-state index < -0.39 is 21.0 Å². The van der Waals surface area contributed by atoms with Gasteiger partial charge < -0.3 is 10.3 Å². The van der Waals surface area contributed by atoms with Gasteiger partial charge in [-0.05, 0) is 25.0 Å². The third-order valence-corrected chi connectivity index (χ3v) is 5.91. The minimum Gasteiger partial charge on any atom is -0.348 e. The second-order valence-corrected chi connectivity index (χ2v) is 7.57. The number of imidazole rings is 1. The molecule has 112 valence electrons. The summed E-state index contributed by atoms with van der Waals surface area (Å²) in [6, 6.07) is 7.57. The average molecular weight is 307 g/mol. The summed E-state index contributed by atoms with van der Waals surface area (Å²) < 4.78 is 23.8. The molecule has 1 aromatic heterocycles. The molecule has 3 rings (SSSR count). The fourth-order valence-electron chi connectivity index (χ4n) is 2.62. The first-order valence-corrected chi connectivity index (χ1v) is 8.71. The molecule has 21 heavy (non-hydrogen) atoms. The van der Waals surface area contributed by atoms with E-state index in [0.29, 0.717) is 18.7 Å². The number of aromatic nitrogens is 2. The van der Waals surface area contributed by atoms with Crippen LogP contribution in [0, 0.1) is 0 Å². The Hall–Kier alpha value is -1.89. The van der Waals surface area contributed by atoms with E-state index in [1.165, 1.54) is 0 Å². The summed E-state index contributed by atoms with van der Waals surface area (Å²) in [6.45, 7) is 0.208. The van der Waals surface area contributed by atoms with Crippen LogP contribution in [0.5, 0.6) is 0 Å². The predicted molar refractivity (Wildman–Crippen MR) is 79.4 cm³/mol. The summed E-state index contributed by atoms with van der Waals surface area (Å²) in [7, 11) is -3.29. The molecule has 1 amide bonds. The summed E-state index contributed by atoms with van der Waals surface area (Å²) in [4.78, 5) is 19.5. The monoisotopic (exact) mass is 307 g/mol. The lowest BCUT2D eigenvalue weighted by molar-refractivity contribution is -0.121. The van der Waals surface area contributed by atoms with Crippen molar-refractivity contribution in [3.63, 3.8) is 0 Å². The van der Waals surface area contributed by atoms with Crippen molar-refractivity contribution in [2.45, 2.75) is 31.1 Å². The quantitative estimate of drug-likeness (QED) is 0.889. The van der Waals surface area contributed by atoms with Crippen molar-refractivity contribution < 1.29 is 13.2 Å². The van der Waals surface area contributed by atoms with Crippen molar-refractivity contribution in [2.75, 3.05) is 5.75 Å². The molecule has 1 fully saturated rings. The number of sulfone groups is 1. The standard InChI is InChI=1S/C14H17N3O3S/c18-14(12-7-3-4-8-21(12,19)20)15-9-13-16-10-5-1-2-6-11(10)17-13/h1-2,5-6,12H,3-4,7-9H2,(H,15,18)(H,16,17). The number of H-pyrrole nitrogens is 1. The lowest BCUT2D eigenvalue weighted by Crippen LogP contribution is -2.42. The molecule has 1 aliphatic rings. The number of carbonyl (C=O) groups excluding carboxylic acids is 1. The highest BCUT2D eigenvalue weighted by atomic mass is 32.2. The number of hydrogen-bond donors (Lipinski definition) is 2. The van der Waals surface area contributed by atoms with E-state index in [-0.39, 0.29) is 12.3 Å². The lowest BCUT2D eigenvalue weighted by Gasteiger charge is -2.21. The van der Waals surface area contributed by atoms with Crippen molar-refractivity contribution in [2.24, 2.45) is 0 Å². The molecular formula is C14H17N3O3S. The van der Waals surface area contributed by atoms with Crippen molar-refractivity contribution in [3.8, 4) is 0 Å². The Kier molecular flexibility index (Phi) is 3.67. The minimum absolute atomic E-state index is 0.107. The number of amides is 1. The van der Waals surface area contributed by atoms with Crippen molar-refractivity contribution in [1.82, 2.24) is 15.3 Å². The van der Waals surface area contributed by atoms with Crippen LogP contribution in [0.2, 0.25) is 0 Å². The van der Waals surface area contributed by atoms with E-state index in [1.54, 1.807) is 0 Å². The topological polar surface area (TPSA) is 91.9 Å². The van der Waals surface area contributed by atoms with E-state index in [4.69, 9.17) is 0 Å². The molecule has 2 aromatic rings. The van der Waals surface area contributed by atoms with Gasteiger partial charge in [0.1, 0.15) is 11.1 Å². The highest BCUT2D eigenvalue weighted by Crippen LogP contribution is 2.19. The first-order valence-electron chi connectivity index (χ1n) is 6.99. The van der Waals surface area contributed by atoms with Crippen LogP contribution in [0.15, 0.2) is 24.3 Å². The summed E-state index contributed by atoms with van der Waals surface area (Å²) >= 11 is 0. The molecule has 0 radical (unpaired) electrons. The van der Waals surface area contributed by atoms with Gasteiger partial charge in [0, 0.05) is 0 Å². The first-order chi connectivity index (χ1) is 10.1. The number of para-hydroxylation sites is 2. The molecule has 1 saturated heterocycles. The summed E-state index contributed by atoms with van der Waals surface area (Å²) in [6.07, 6.45) is 1.84. The summed E-state index contributed by atoms with van der Waals surface area (Å²) in [5.74, 6) is 0.309. The maximum absolute atomic E-state index is 12.1. The van der Waals surface area contributed by atoms with Crippen LogP contribution in [-0.2, 0) is 21.2 Å². The Bertz CT molecular complexity index is 734. The van der Waals surface area contributed by atoms with Crippen LogP contribution in [0.1, 0.15) is 25.1 Å². The molecule has 2 heterocycles. The Morgan fingerprint density at radius 1 is 1.33 bits per heavy atom. The maximum Gasteiger partial charge on any atom is 0.238 e. The largest absolute Gasteiger partial charge is 0.348 e. The van der Waals surface area contributed by atoms with Gasteiger partial charge in [-0.1, -0.05) is 18.6 Å². The summed E-state index contributed by atoms with van der Waals surface area (Å²) in [5, 5.41) is 1.77. The number of rotatable bonds is 3. The first kappa shape index (κ1) is 14.1. The van der Waals surface area contributed by atoms with Gasteiger partial charge >= 0.3 is 0 Å². The molecule has 0 bridgehead atoms. The summed E-state index contributed by atoms with van der Waals surface area (Å²) in [5.41, 5.74) is 1.72. The van der Waals surface area contributed by atoms with E-state index in [9.17, 15) is 13.2 Å². The number of carbonyl (C=O) groups is 1. The van der Waals surface area contributed by atoms with Crippen LogP contribution in [0.4, 0.5) is 0 Å². The predicted octanol–water partition coefficient (Wildman–Crippen LogP) is 1.15. The molecular weight excluding hydrogens is 290 g/mol. The van der Waals surface area contributed by atoms with Crippen LogP contribution >= 0.6 is 0 Å². The minimum atomic E-state index is -3.29. The third-order valence-electron chi connectivity index (χ3n) is 3.74. The fraction of sp³-hybridized carbons (Fsp3) is 0.429. The van der Waals surface area contributed by atoms with Crippen molar-refractivity contribution >= 4 is 26.8 Å². The Morgan fingerprint density at radius 3 is 2.90 bits per heavy atom. The molecule has 0 aliphatic carbocycles. The number of aromatic amines is 1. The number of fused-ring (bicyclic) bond motifs is 1. The van der Waals surface area contributed by atoms with Gasteiger partial charge in [0.25, 0.3) is 0 Å². The Labute approximate surface area is 122 Å². The van der Waals surface area contributed by atoms with Gasteiger partial charge in [0.05, 0.1) is 23.3 Å². The molecule has 0 saturated carbocycles. The number of nitrogens with zero attached hydrogens (tertiary/aromatic N) is 1. The SMILES string of the molecule is O=C(NCc1nc2ccccc2[nH]1)C1CCCCS1(=O)=O. The van der Waals surface area contributed by atoms with Gasteiger partial charge in [-0.3, -0.25) is 4.79 Å². The van der Waals surface area contributed by atoms with Gasteiger partial charge in [-0.15, -0.1) is 0 Å². The molecule has 1 atom stereocenters. The molecule has 1 aliphatic heterocycles. The average Bonchev–Trinajstić information content (AvgIpc) is 2.87. The normalized spacial score (nSPS) is 21.2. The zero-order valence-corrected chi connectivity index (χ0v) is 12.3. The Morgan fingerprint density at radius 2 is 2.14 bits per heavy atom. The fourth-order valence-corrected chi connectivity index (χ4v) is 4.45. The number of nitrogens with one attached hydrogen (secondary N) is 2. The van der Waals surface area contributed by atoms with Crippen LogP contribution in [0.25, 0.3) is 11.0 Å². The van der Waals surface area contributed by atoms with Gasteiger partial charge in [0.15, 0.2) is 9.84 Å². The van der Waals surface area contributed by atoms with Gasteiger partial charge in [-0.25, -0.2) is 13.4 Å². The number of hydrogen-bond acceptors (Lipinski definition) is 4. The van der Waals surface area contributed by atoms with Crippen molar-refractivity contribution in [1.29, 1.82) is 0 Å². The second-order valence-electron chi connectivity index (χ2n) is 5.27. The molecule has 1 unspecified atom stereocenters. The molecule has 6 nitrogen and oxygen atoms in total.